The Hall–Kier alpha value is -1.32. The minimum Gasteiger partial charge on any atom is -0.383 e. The Morgan fingerprint density at radius 3 is 2.25 bits per heavy atom. The first-order valence-electron chi connectivity index (χ1n) is 7.98. The molecule has 1 saturated carbocycles. The number of rotatable bonds is 3. The molecule has 1 aromatic heterocycles. The van der Waals surface area contributed by atoms with Gasteiger partial charge in [0.15, 0.2) is 0 Å². The lowest BCUT2D eigenvalue weighted by molar-refractivity contribution is 0.470. The van der Waals surface area contributed by atoms with Crippen LogP contribution in [0.1, 0.15) is 76.1 Å². The summed E-state index contributed by atoms with van der Waals surface area (Å²) in [4.78, 5) is 9.06. The number of nitrogen functional groups attached to an aromatic ring is 1. The number of aromatic nitrogens is 2. The maximum absolute atomic E-state index is 6.03. The van der Waals surface area contributed by atoms with Gasteiger partial charge in [-0.25, -0.2) is 9.97 Å². The van der Waals surface area contributed by atoms with Gasteiger partial charge in [-0.1, -0.05) is 46.0 Å². The van der Waals surface area contributed by atoms with Crippen molar-refractivity contribution in [2.45, 2.75) is 77.7 Å². The van der Waals surface area contributed by atoms with Crippen LogP contribution in [0.2, 0.25) is 0 Å². The topological polar surface area (TPSA) is 63.8 Å². The van der Waals surface area contributed by atoms with Gasteiger partial charge in [0.1, 0.15) is 17.5 Å². The molecule has 2 rings (SSSR count). The van der Waals surface area contributed by atoms with Crippen molar-refractivity contribution in [3.8, 4) is 0 Å². The molecule has 0 bridgehead atoms. The molecular weight excluding hydrogens is 248 g/mol. The number of anilines is 2. The van der Waals surface area contributed by atoms with E-state index in [9.17, 15) is 0 Å². The second-order valence-electron chi connectivity index (χ2n) is 6.28. The fourth-order valence-corrected chi connectivity index (χ4v) is 2.74. The van der Waals surface area contributed by atoms with Crippen LogP contribution < -0.4 is 11.1 Å². The average molecular weight is 276 g/mol. The van der Waals surface area contributed by atoms with Crippen LogP contribution in [0, 0.1) is 6.92 Å². The predicted octanol–water partition coefficient (Wildman–Crippen LogP) is 4.02. The van der Waals surface area contributed by atoms with Crippen molar-refractivity contribution in [1.82, 2.24) is 9.97 Å². The third-order valence-electron chi connectivity index (χ3n) is 4.16. The zero-order valence-electron chi connectivity index (χ0n) is 13.1. The highest BCUT2D eigenvalue weighted by atomic mass is 15.1. The molecule has 1 aliphatic carbocycles. The normalized spacial score (nSPS) is 17.8. The molecule has 0 amide bonds. The molecule has 0 aromatic carbocycles. The van der Waals surface area contributed by atoms with Gasteiger partial charge in [0.2, 0.25) is 0 Å². The lowest BCUT2D eigenvalue weighted by atomic mass is 9.96. The van der Waals surface area contributed by atoms with Crippen LogP contribution in [0.3, 0.4) is 0 Å². The first-order valence-corrected chi connectivity index (χ1v) is 7.98. The lowest BCUT2D eigenvalue weighted by Gasteiger charge is -2.23. The van der Waals surface area contributed by atoms with E-state index in [1.54, 1.807) is 0 Å². The van der Waals surface area contributed by atoms with Crippen LogP contribution >= 0.6 is 0 Å². The molecule has 3 N–H and O–H groups in total. The summed E-state index contributed by atoms with van der Waals surface area (Å²) in [5, 5.41) is 3.62. The first-order chi connectivity index (χ1) is 9.58. The lowest BCUT2D eigenvalue weighted by Crippen LogP contribution is -2.23. The van der Waals surface area contributed by atoms with Crippen molar-refractivity contribution in [3.63, 3.8) is 0 Å². The van der Waals surface area contributed by atoms with Crippen molar-refractivity contribution in [2.75, 3.05) is 11.1 Å². The van der Waals surface area contributed by atoms with E-state index >= 15 is 0 Å². The monoisotopic (exact) mass is 276 g/mol. The minimum absolute atomic E-state index is 0.302. The van der Waals surface area contributed by atoms with Crippen LogP contribution in [-0.4, -0.2) is 16.0 Å². The van der Waals surface area contributed by atoms with E-state index in [4.69, 9.17) is 5.73 Å². The van der Waals surface area contributed by atoms with E-state index in [0.717, 1.165) is 17.2 Å². The van der Waals surface area contributed by atoms with Gasteiger partial charge < -0.3 is 11.1 Å². The number of nitrogens with two attached hydrogens (primary N) is 1. The van der Waals surface area contributed by atoms with Gasteiger partial charge >= 0.3 is 0 Å². The van der Waals surface area contributed by atoms with Crippen molar-refractivity contribution in [1.29, 1.82) is 0 Å². The zero-order valence-corrected chi connectivity index (χ0v) is 13.1. The maximum atomic E-state index is 6.03. The Morgan fingerprint density at radius 1 is 1.05 bits per heavy atom. The fraction of sp³-hybridized carbons (Fsp3) is 0.750. The Balaban J connectivity index is 2.14. The van der Waals surface area contributed by atoms with E-state index in [0.29, 0.717) is 17.8 Å². The standard InChI is InChI=1S/C16H28N4/c1-11(2)15-19-14(17)12(3)16(20-15)18-13-9-7-5-4-6-8-10-13/h11,13H,4-10H2,1-3H3,(H3,17,18,19,20). The molecule has 4 heteroatoms. The molecule has 0 atom stereocenters. The van der Waals surface area contributed by atoms with Crippen LogP contribution in [0.5, 0.6) is 0 Å². The quantitative estimate of drug-likeness (QED) is 0.875. The van der Waals surface area contributed by atoms with Crippen LogP contribution in [0.4, 0.5) is 11.6 Å². The second-order valence-corrected chi connectivity index (χ2v) is 6.28. The Morgan fingerprint density at radius 2 is 1.65 bits per heavy atom. The number of nitrogens with zero attached hydrogens (tertiary/aromatic N) is 2. The minimum atomic E-state index is 0.302. The summed E-state index contributed by atoms with van der Waals surface area (Å²) in [6.45, 7) is 6.21. The first kappa shape index (κ1) is 15.1. The summed E-state index contributed by atoms with van der Waals surface area (Å²) < 4.78 is 0. The molecule has 0 saturated heterocycles. The molecule has 0 unspecified atom stereocenters. The molecular formula is C16H28N4. The number of hydrogen-bond acceptors (Lipinski definition) is 4. The molecule has 1 aromatic rings. The molecule has 0 aliphatic heterocycles. The van der Waals surface area contributed by atoms with Gasteiger partial charge in [0.25, 0.3) is 0 Å². The average Bonchev–Trinajstić information content (AvgIpc) is 2.37. The van der Waals surface area contributed by atoms with Crippen LogP contribution in [-0.2, 0) is 0 Å². The summed E-state index contributed by atoms with van der Waals surface area (Å²) in [6, 6.07) is 0.531. The number of nitrogens with one attached hydrogen (secondary N) is 1. The molecule has 1 aliphatic rings. The molecule has 112 valence electrons. The van der Waals surface area contributed by atoms with Gasteiger partial charge in [-0.15, -0.1) is 0 Å². The van der Waals surface area contributed by atoms with E-state index < -0.39 is 0 Å². The Labute approximate surface area is 122 Å². The highest BCUT2D eigenvalue weighted by Gasteiger charge is 2.16. The summed E-state index contributed by atoms with van der Waals surface area (Å²) >= 11 is 0. The molecule has 1 fully saturated rings. The van der Waals surface area contributed by atoms with Gasteiger partial charge in [-0.2, -0.15) is 0 Å². The van der Waals surface area contributed by atoms with Gasteiger partial charge in [0, 0.05) is 17.5 Å². The van der Waals surface area contributed by atoms with E-state index in [1.807, 2.05) is 6.92 Å². The summed E-state index contributed by atoms with van der Waals surface area (Å²) in [5.41, 5.74) is 7.01. The highest BCUT2D eigenvalue weighted by Crippen LogP contribution is 2.25. The van der Waals surface area contributed by atoms with E-state index in [1.165, 1.54) is 44.9 Å². The molecule has 0 radical (unpaired) electrons. The molecule has 20 heavy (non-hydrogen) atoms. The van der Waals surface area contributed by atoms with Crippen LogP contribution in [0.25, 0.3) is 0 Å². The Kier molecular flexibility index (Phi) is 5.21. The SMILES string of the molecule is Cc1c(N)nc(C(C)C)nc1NC1CCCCCCC1. The summed E-state index contributed by atoms with van der Waals surface area (Å²) in [5.74, 6) is 2.68. The zero-order chi connectivity index (χ0) is 14.5. The number of hydrogen-bond donors (Lipinski definition) is 2. The van der Waals surface area contributed by atoms with Crippen molar-refractivity contribution in [3.05, 3.63) is 11.4 Å². The van der Waals surface area contributed by atoms with Gasteiger partial charge in [-0.3, -0.25) is 0 Å². The van der Waals surface area contributed by atoms with Gasteiger partial charge in [-0.05, 0) is 19.8 Å². The second kappa shape index (κ2) is 6.91. The maximum Gasteiger partial charge on any atom is 0.135 e. The molecule has 4 nitrogen and oxygen atoms in total. The third kappa shape index (κ3) is 3.84. The smallest absolute Gasteiger partial charge is 0.135 e. The summed E-state index contributed by atoms with van der Waals surface area (Å²) in [7, 11) is 0. The third-order valence-corrected chi connectivity index (χ3v) is 4.16. The Bertz CT molecular complexity index is 434. The predicted molar refractivity (Wildman–Crippen MR) is 85.0 cm³/mol. The molecule has 0 spiro atoms. The van der Waals surface area contributed by atoms with Crippen LogP contribution in [0.15, 0.2) is 0 Å². The fourth-order valence-electron chi connectivity index (χ4n) is 2.74. The summed E-state index contributed by atoms with van der Waals surface area (Å²) in [6.07, 6.45) is 9.22. The van der Waals surface area contributed by atoms with Crippen molar-refractivity contribution in [2.24, 2.45) is 0 Å². The van der Waals surface area contributed by atoms with E-state index in [2.05, 4.69) is 29.1 Å². The van der Waals surface area contributed by atoms with E-state index in [-0.39, 0.29) is 0 Å². The van der Waals surface area contributed by atoms with Crippen molar-refractivity contribution >= 4 is 11.6 Å². The largest absolute Gasteiger partial charge is 0.383 e. The highest BCUT2D eigenvalue weighted by molar-refractivity contribution is 5.55. The molecule has 1 heterocycles. The van der Waals surface area contributed by atoms with Gasteiger partial charge in [0.05, 0.1) is 0 Å². The van der Waals surface area contributed by atoms with Crippen molar-refractivity contribution < 1.29 is 0 Å².